The van der Waals surface area contributed by atoms with Gasteiger partial charge in [0.1, 0.15) is 5.82 Å². The summed E-state index contributed by atoms with van der Waals surface area (Å²) in [7, 11) is 2.16. The molecular weight excluding hydrogens is 393 g/mol. The third-order valence-corrected chi connectivity index (χ3v) is 6.72. The molecule has 5 aromatic rings. The normalized spacial score (nSPS) is 14.4. The van der Waals surface area contributed by atoms with Crippen molar-refractivity contribution in [1.82, 2.24) is 4.57 Å². The predicted molar refractivity (Wildman–Crippen MR) is 129 cm³/mol. The lowest BCUT2D eigenvalue weighted by molar-refractivity contribution is 0.627. The van der Waals surface area contributed by atoms with Gasteiger partial charge in [-0.15, -0.1) is 0 Å². The first kappa shape index (κ1) is 18.8. The van der Waals surface area contributed by atoms with E-state index in [1.54, 1.807) is 12.1 Å². The average molecular weight is 416 g/mol. The Morgan fingerprint density at radius 1 is 0.656 bits per heavy atom. The molecule has 1 heterocycles. The van der Waals surface area contributed by atoms with Crippen molar-refractivity contribution >= 4 is 16.5 Å². The molecule has 154 valence electrons. The quantitative estimate of drug-likeness (QED) is 0.296. The predicted octanol–water partition coefficient (Wildman–Crippen LogP) is 7.10. The Morgan fingerprint density at radius 3 is 1.84 bits per heavy atom. The molecule has 0 atom stereocenters. The lowest BCUT2D eigenvalue weighted by atomic mass is 9.73. The fourth-order valence-electron chi connectivity index (χ4n) is 5.35. The van der Waals surface area contributed by atoms with Crippen molar-refractivity contribution < 1.29 is 4.39 Å². The van der Waals surface area contributed by atoms with Gasteiger partial charge in [-0.2, -0.15) is 0 Å². The lowest BCUT2D eigenvalue weighted by Crippen LogP contribution is -2.28. The van der Waals surface area contributed by atoms with Crippen LogP contribution >= 0.6 is 0 Å². The molecule has 0 saturated carbocycles. The van der Waals surface area contributed by atoms with Crippen LogP contribution in [0.3, 0.4) is 0 Å². The number of para-hydroxylation sites is 1. The number of rotatable bonds is 3. The Morgan fingerprint density at radius 2 is 1.22 bits per heavy atom. The Labute approximate surface area is 187 Å². The van der Waals surface area contributed by atoms with Gasteiger partial charge < -0.3 is 4.57 Å². The molecule has 0 spiro atoms. The molecule has 1 aliphatic carbocycles. The van der Waals surface area contributed by atoms with Crippen LogP contribution in [0, 0.1) is 5.82 Å². The summed E-state index contributed by atoms with van der Waals surface area (Å²) in [6.07, 6.45) is 2.38. The van der Waals surface area contributed by atoms with Crippen LogP contribution in [0.1, 0.15) is 27.9 Å². The van der Waals surface area contributed by atoms with Crippen molar-refractivity contribution in [3.8, 4) is 0 Å². The van der Waals surface area contributed by atoms with Gasteiger partial charge in [0.2, 0.25) is 0 Å². The van der Waals surface area contributed by atoms with E-state index in [0.717, 1.165) is 11.1 Å². The summed E-state index contributed by atoms with van der Waals surface area (Å²) >= 11 is 0. The van der Waals surface area contributed by atoms with Crippen molar-refractivity contribution in [2.45, 2.75) is 5.41 Å². The average Bonchev–Trinajstić information content (AvgIpc) is 3.36. The fraction of sp³-hybridized carbons (Fsp3) is 0.0667. The molecular formula is C30H22FN. The number of aromatic nitrogens is 1. The van der Waals surface area contributed by atoms with E-state index in [-0.39, 0.29) is 5.82 Å². The van der Waals surface area contributed by atoms with Gasteiger partial charge in [0.05, 0.1) is 5.41 Å². The number of hydrogen-bond acceptors (Lipinski definition) is 0. The standard InChI is InChI=1S/C30H22FN/c1-32-27-15-9-8-14-25(27)28-26(21-16-18-24(31)19-17-21)20-30(29(28)32,22-10-4-2-5-11-22)23-12-6-3-7-13-23/h2-20H,1H3. The third-order valence-electron chi connectivity index (χ3n) is 6.72. The highest BCUT2D eigenvalue weighted by Gasteiger charge is 2.45. The Hall–Kier alpha value is -3.91. The van der Waals surface area contributed by atoms with Crippen LogP contribution < -0.4 is 0 Å². The monoisotopic (exact) mass is 415 g/mol. The van der Waals surface area contributed by atoms with Crippen LogP contribution in [-0.4, -0.2) is 4.57 Å². The molecule has 0 bridgehead atoms. The summed E-state index contributed by atoms with van der Waals surface area (Å²) < 4.78 is 16.1. The van der Waals surface area contributed by atoms with E-state index in [1.165, 1.54) is 33.3 Å². The molecule has 0 unspecified atom stereocenters. The molecule has 0 saturated heterocycles. The topological polar surface area (TPSA) is 4.93 Å². The zero-order valence-corrected chi connectivity index (χ0v) is 17.8. The Bertz CT molecular complexity index is 1420. The van der Waals surface area contributed by atoms with E-state index in [0.29, 0.717) is 0 Å². The third kappa shape index (κ3) is 2.56. The Kier molecular flexibility index (Phi) is 4.16. The summed E-state index contributed by atoms with van der Waals surface area (Å²) in [6.45, 7) is 0. The summed E-state index contributed by atoms with van der Waals surface area (Å²) in [5, 5.41) is 1.22. The van der Waals surface area contributed by atoms with Gasteiger partial charge in [-0.05, 0) is 40.5 Å². The van der Waals surface area contributed by atoms with E-state index in [1.807, 2.05) is 12.1 Å². The molecule has 0 amide bonds. The van der Waals surface area contributed by atoms with E-state index in [9.17, 15) is 4.39 Å². The molecule has 6 rings (SSSR count). The molecule has 32 heavy (non-hydrogen) atoms. The summed E-state index contributed by atoms with van der Waals surface area (Å²) in [6, 6.07) is 36.8. The van der Waals surface area contributed by atoms with Gasteiger partial charge >= 0.3 is 0 Å². The number of benzene rings is 4. The summed E-state index contributed by atoms with van der Waals surface area (Å²) in [5.74, 6) is -0.220. The first-order valence-corrected chi connectivity index (χ1v) is 10.9. The molecule has 0 N–H and O–H groups in total. The highest BCUT2D eigenvalue weighted by molar-refractivity contribution is 6.03. The first-order valence-electron chi connectivity index (χ1n) is 10.9. The second-order valence-corrected chi connectivity index (χ2v) is 8.40. The van der Waals surface area contributed by atoms with Crippen LogP contribution in [0.4, 0.5) is 4.39 Å². The number of aryl methyl sites for hydroxylation is 1. The molecule has 0 radical (unpaired) electrons. The molecule has 0 aliphatic heterocycles. The summed E-state index contributed by atoms with van der Waals surface area (Å²) in [4.78, 5) is 0. The van der Waals surface area contributed by atoms with Gasteiger partial charge in [0, 0.05) is 29.2 Å². The minimum absolute atomic E-state index is 0.220. The number of fused-ring (bicyclic) bond motifs is 3. The van der Waals surface area contributed by atoms with E-state index in [4.69, 9.17) is 0 Å². The van der Waals surface area contributed by atoms with Crippen molar-refractivity contribution in [2.75, 3.05) is 0 Å². The fourth-order valence-corrected chi connectivity index (χ4v) is 5.35. The molecule has 4 aromatic carbocycles. The van der Waals surface area contributed by atoms with Crippen LogP contribution in [0.5, 0.6) is 0 Å². The highest BCUT2D eigenvalue weighted by Crippen LogP contribution is 2.53. The lowest BCUT2D eigenvalue weighted by Gasteiger charge is -2.31. The van der Waals surface area contributed by atoms with Crippen LogP contribution in [0.15, 0.2) is 115 Å². The van der Waals surface area contributed by atoms with Gasteiger partial charge in [-0.1, -0.05) is 97.1 Å². The molecule has 0 fully saturated rings. The molecule has 1 nitrogen and oxygen atoms in total. The smallest absolute Gasteiger partial charge is 0.123 e. The second kappa shape index (κ2) is 7.06. The largest absolute Gasteiger partial charge is 0.346 e. The number of nitrogens with zero attached hydrogens (tertiary/aromatic N) is 1. The van der Waals surface area contributed by atoms with Crippen LogP contribution in [-0.2, 0) is 12.5 Å². The number of hydrogen-bond donors (Lipinski definition) is 0. The van der Waals surface area contributed by atoms with E-state index >= 15 is 0 Å². The maximum atomic E-state index is 13.8. The Balaban J connectivity index is 1.79. The highest BCUT2D eigenvalue weighted by atomic mass is 19.1. The van der Waals surface area contributed by atoms with Crippen LogP contribution in [0.2, 0.25) is 0 Å². The summed E-state index contributed by atoms with van der Waals surface area (Å²) in [5.41, 5.74) is 7.82. The number of allylic oxidation sites excluding steroid dienone is 1. The SMILES string of the molecule is Cn1c2c(c3ccccc31)C(c1ccc(F)cc1)=CC2(c1ccccc1)c1ccccc1. The second-order valence-electron chi connectivity index (χ2n) is 8.40. The maximum absolute atomic E-state index is 13.8. The van der Waals surface area contributed by atoms with Gasteiger partial charge in [0.25, 0.3) is 0 Å². The van der Waals surface area contributed by atoms with E-state index < -0.39 is 5.41 Å². The van der Waals surface area contributed by atoms with Crippen molar-refractivity contribution in [3.05, 3.63) is 149 Å². The molecule has 2 heteroatoms. The zero-order valence-electron chi connectivity index (χ0n) is 17.8. The molecule has 1 aliphatic rings. The van der Waals surface area contributed by atoms with Crippen molar-refractivity contribution in [3.63, 3.8) is 0 Å². The van der Waals surface area contributed by atoms with Crippen molar-refractivity contribution in [2.24, 2.45) is 7.05 Å². The molecule has 1 aromatic heterocycles. The van der Waals surface area contributed by atoms with Crippen molar-refractivity contribution in [1.29, 1.82) is 0 Å². The van der Waals surface area contributed by atoms with Crippen LogP contribution in [0.25, 0.3) is 16.5 Å². The van der Waals surface area contributed by atoms with Gasteiger partial charge in [-0.3, -0.25) is 0 Å². The van der Waals surface area contributed by atoms with Gasteiger partial charge in [0.15, 0.2) is 0 Å². The number of halogens is 1. The zero-order chi connectivity index (χ0) is 21.7. The minimum Gasteiger partial charge on any atom is -0.346 e. The van der Waals surface area contributed by atoms with E-state index in [2.05, 4.69) is 103 Å². The first-order chi connectivity index (χ1) is 15.7. The minimum atomic E-state index is -0.449. The van der Waals surface area contributed by atoms with Gasteiger partial charge in [-0.25, -0.2) is 4.39 Å². The maximum Gasteiger partial charge on any atom is 0.123 e.